The summed E-state index contributed by atoms with van der Waals surface area (Å²) in [5.74, 6) is -0.692. The standard InChI is InChI=1S/C8H7BrClNO2S/c9-5-1-2-7(11-3-5)14-4-6(10)8(12)13/h1-3,6H,4H2,(H,12,13). The topological polar surface area (TPSA) is 50.2 Å². The van der Waals surface area contributed by atoms with Crippen molar-refractivity contribution in [1.82, 2.24) is 4.98 Å². The first-order chi connectivity index (χ1) is 6.59. The second-order valence-electron chi connectivity index (χ2n) is 2.43. The third kappa shape index (κ3) is 3.86. The second kappa shape index (κ2) is 5.58. The molecule has 1 aromatic rings. The Balaban J connectivity index is 2.46. The number of rotatable bonds is 4. The molecular formula is C8H7BrClNO2S. The van der Waals surface area contributed by atoms with Crippen LogP contribution in [0, 0.1) is 0 Å². The summed E-state index contributed by atoms with van der Waals surface area (Å²) in [5.41, 5.74) is 0. The Kier molecular flexibility index (Phi) is 4.71. The van der Waals surface area contributed by atoms with Crippen molar-refractivity contribution < 1.29 is 9.90 Å². The van der Waals surface area contributed by atoms with Crippen molar-refractivity contribution in [3.05, 3.63) is 22.8 Å². The van der Waals surface area contributed by atoms with Gasteiger partial charge in [0.15, 0.2) is 0 Å². The van der Waals surface area contributed by atoms with Gasteiger partial charge in [-0.3, -0.25) is 4.79 Å². The molecular weight excluding hydrogens is 290 g/mol. The SMILES string of the molecule is O=C(O)C(Cl)CSc1ccc(Br)cn1. The number of nitrogens with zero attached hydrogens (tertiary/aromatic N) is 1. The van der Waals surface area contributed by atoms with Crippen molar-refractivity contribution in [2.24, 2.45) is 0 Å². The lowest BCUT2D eigenvalue weighted by Crippen LogP contribution is -2.15. The molecule has 1 aromatic heterocycles. The lowest BCUT2D eigenvalue weighted by atomic mass is 10.5. The number of thioether (sulfide) groups is 1. The van der Waals surface area contributed by atoms with Crippen LogP contribution in [-0.4, -0.2) is 27.2 Å². The van der Waals surface area contributed by atoms with E-state index < -0.39 is 11.3 Å². The number of carbonyl (C=O) groups is 1. The molecule has 3 nitrogen and oxygen atoms in total. The Hall–Kier alpha value is -0.260. The molecule has 14 heavy (non-hydrogen) atoms. The van der Waals surface area contributed by atoms with E-state index >= 15 is 0 Å². The molecule has 0 saturated heterocycles. The monoisotopic (exact) mass is 295 g/mol. The number of carboxylic acids is 1. The average Bonchev–Trinajstić information content (AvgIpc) is 2.16. The maximum absolute atomic E-state index is 10.4. The van der Waals surface area contributed by atoms with Crippen LogP contribution >= 0.6 is 39.3 Å². The van der Waals surface area contributed by atoms with Gasteiger partial charge >= 0.3 is 5.97 Å². The van der Waals surface area contributed by atoms with E-state index in [1.54, 1.807) is 12.3 Å². The Morgan fingerprint density at radius 1 is 1.71 bits per heavy atom. The van der Waals surface area contributed by atoms with Gasteiger partial charge in [-0.15, -0.1) is 23.4 Å². The molecule has 1 atom stereocenters. The van der Waals surface area contributed by atoms with E-state index in [1.807, 2.05) is 6.07 Å². The third-order valence-electron chi connectivity index (χ3n) is 1.35. The summed E-state index contributed by atoms with van der Waals surface area (Å²) in [6.07, 6.45) is 1.66. The molecule has 0 spiro atoms. The van der Waals surface area contributed by atoms with Crippen LogP contribution in [0.4, 0.5) is 0 Å². The number of halogens is 2. The smallest absolute Gasteiger partial charge is 0.322 e. The second-order valence-corrected chi connectivity index (χ2v) is 4.91. The van der Waals surface area contributed by atoms with Gasteiger partial charge < -0.3 is 5.11 Å². The van der Waals surface area contributed by atoms with Crippen LogP contribution in [0.2, 0.25) is 0 Å². The Morgan fingerprint density at radius 3 is 2.93 bits per heavy atom. The van der Waals surface area contributed by atoms with Crippen LogP contribution in [0.1, 0.15) is 0 Å². The highest BCUT2D eigenvalue weighted by atomic mass is 79.9. The summed E-state index contributed by atoms with van der Waals surface area (Å²) in [6, 6.07) is 3.65. The van der Waals surface area contributed by atoms with Gasteiger partial charge in [0.25, 0.3) is 0 Å². The third-order valence-corrected chi connectivity index (χ3v) is 3.38. The maximum atomic E-state index is 10.4. The average molecular weight is 297 g/mol. The first kappa shape index (κ1) is 11.8. The Morgan fingerprint density at radius 2 is 2.43 bits per heavy atom. The highest BCUT2D eigenvalue weighted by Crippen LogP contribution is 2.19. The van der Waals surface area contributed by atoms with E-state index in [-0.39, 0.29) is 0 Å². The van der Waals surface area contributed by atoms with Crippen molar-refractivity contribution in [2.75, 3.05) is 5.75 Å². The summed E-state index contributed by atoms with van der Waals surface area (Å²) in [5, 5.41) is 8.42. The number of pyridine rings is 1. The zero-order valence-corrected chi connectivity index (χ0v) is 10.1. The Bertz CT molecular complexity index is 320. The molecule has 6 heteroatoms. The van der Waals surface area contributed by atoms with Gasteiger partial charge in [-0.25, -0.2) is 4.98 Å². The summed E-state index contributed by atoms with van der Waals surface area (Å²) in [6.45, 7) is 0. The molecule has 1 unspecified atom stereocenters. The zero-order chi connectivity index (χ0) is 10.6. The molecule has 0 amide bonds. The largest absolute Gasteiger partial charge is 0.480 e. The van der Waals surface area contributed by atoms with Crippen molar-refractivity contribution in [2.45, 2.75) is 10.4 Å². The van der Waals surface area contributed by atoms with Crippen molar-refractivity contribution in [1.29, 1.82) is 0 Å². The van der Waals surface area contributed by atoms with E-state index in [2.05, 4.69) is 20.9 Å². The highest BCUT2D eigenvalue weighted by molar-refractivity contribution is 9.10. The summed E-state index contributed by atoms with van der Waals surface area (Å²) in [4.78, 5) is 14.5. The maximum Gasteiger partial charge on any atom is 0.322 e. The molecule has 0 radical (unpaired) electrons. The minimum absolute atomic E-state index is 0.311. The lowest BCUT2D eigenvalue weighted by Gasteiger charge is -2.02. The van der Waals surface area contributed by atoms with Gasteiger partial charge in [-0.05, 0) is 28.1 Å². The van der Waals surface area contributed by atoms with E-state index in [9.17, 15) is 4.79 Å². The molecule has 0 saturated carbocycles. The van der Waals surface area contributed by atoms with Crippen molar-refractivity contribution in [3.8, 4) is 0 Å². The fourth-order valence-corrected chi connectivity index (χ4v) is 1.85. The van der Waals surface area contributed by atoms with Crippen LogP contribution < -0.4 is 0 Å². The normalized spacial score (nSPS) is 12.4. The number of carboxylic acid groups (broad SMARTS) is 1. The van der Waals surface area contributed by atoms with Crippen LogP contribution in [0.15, 0.2) is 27.8 Å². The van der Waals surface area contributed by atoms with Gasteiger partial charge in [0.1, 0.15) is 5.38 Å². The number of hydrogen-bond donors (Lipinski definition) is 1. The lowest BCUT2D eigenvalue weighted by molar-refractivity contribution is -0.136. The minimum atomic E-state index is -1.00. The first-order valence-electron chi connectivity index (χ1n) is 3.71. The summed E-state index contributed by atoms with van der Waals surface area (Å²) >= 11 is 10.1. The fraction of sp³-hybridized carbons (Fsp3) is 0.250. The zero-order valence-electron chi connectivity index (χ0n) is 6.98. The molecule has 1 heterocycles. The van der Waals surface area contributed by atoms with Crippen molar-refractivity contribution in [3.63, 3.8) is 0 Å². The van der Waals surface area contributed by atoms with Gasteiger partial charge in [-0.1, -0.05) is 0 Å². The van der Waals surface area contributed by atoms with Gasteiger partial charge in [0, 0.05) is 16.4 Å². The predicted octanol–water partition coefficient (Wildman–Crippen LogP) is 2.63. The van der Waals surface area contributed by atoms with Gasteiger partial charge in [-0.2, -0.15) is 0 Å². The molecule has 0 aliphatic rings. The molecule has 1 rings (SSSR count). The molecule has 1 N–H and O–H groups in total. The number of alkyl halides is 1. The predicted molar refractivity (Wildman–Crippen MR) is 59.9 cm³/mol. The van der Waals surface area contributed by atoms with Crippen LogP contribution in [0.3, 0.4) is 0 Å². The van der Waals surface area contributed by atoms with Crippen LogP contribution in [0.25, 0.3) is 0 Å². The van der Waals surface area contributed by atoms with Gasteiger partial charge in [0.05, 0.1) is 5.03 Å². The summed E-state index contributed by atoms with van der Waals surface area (Å²) in [7, 11) is 0. The molecule has 0 aliphatic carbocycles. The van der Waals surface area contributed by atoms with E-state index in [0.717, 1.165) is 9.50 Å². The molecule has 0 aliphatic heterocycles. The number of aromatic nitrogens is 1. The molecule has 0 aromatic carbocycles. The quantitative estimate of drug-likeness (QED) is 0.685. The van der Waals surface area contributed by atoms with Crippen LogP contribution in [-0.2, 0) is 4.79 Å². The molecule has 0 bridgehead atoms. The van der Waals surface area contributed by atoms with Crippen LogP contribution in [0.5, 0.6) is 0 Å². The molecule has 76 valence electrons. The first-order valence-corrected chi connectivity index (χ1v) is 5.92. The highest BCUT2D eigenvalue weighted by Gasteiger charge is 2.13. The van der Waals surface area contributed by atoms with E-state index in [4.69, 9.17) is 16.7 Å². The molecule has 0 fully saturated rings. The van der Waals surface area contributed by atoms with E-state index in [0.29, 0.717) is 5.75 Å². The fourth-order valence-electron chi connectivity index (χ4n) is 0.677. The number of hydrogen-bond acceptors (Lipinski definition) is 3. The number of aliphatic carboxylic acids is 1. The van der Waals surface area contributed by atoms with E-state index in [1.165, 1.54) is 11.8 Å². The van der Waals surface area contributed by atoms with Gasteiger partial charge in [0.2, 0.25) is 0 Å². The van der Waals surface area contributed by atoms with Crippen molar-refractivity contribution >= 4 is 45.3 Å². The summed E-state index contributed by atoms with van der Waals surface area (Å²) < 4.78 is 0.891. The minimum Gasteiger partial charge on any atom is -0.480 e. The Labute approximate surface area is 99.0 Å².